The molecule has 1 fully saturated rings. The second-order valence-corrected chi connectivity index (χ2v) is 9.50. The zero-order valence-electron chi connectivity index (χ0n) is 19.1. The highest BCUT2D eigenvalue weighted by atomic mass is 16.2. The van der Waals surface area contributed by atoms with E-state index in [0.29, 0.717) is 12.5 Å². The number of nitrogens with one attached hydrogen (secondary N) is 1. The summed E-state index contributed by atoms with van der Waals surface area (Å²) in [7, 11) is 0. The molecule has 1 unspecified atom stereocenters. The monoisotopic (exact) mass is 433 g/mol. The number of fused-ring (bicyclic) bond motifs is 1. The first-order chi connectivity index (χ1) is 15.5. The molecule has 32 heavy (non-hydrogen) atoms. The molecule has 5 nitrogen and oxygen atoms in total. The third-order valence-corrected chi connectivity index (χ3v) is 7.14. The van der Waals surface area contributed by atoms with E-state index in [9.17, 15) is 9.59 Å². The lowest BCUT2D eigenvalue weighted by atomic mass is 9.79. The fourth-order valence-corrected chi connectivity index (χ4v) is 5.22. The lowest BCUT2D eigenvalue weighted by Crippen LogP contribution is -2.46. The van der Waals surface area contributed by atoms with Crippen LogP contribution in [-0.2, 0) is 22.6 Å². The predicted octanol–water partition coefficient (Wildman–Crippen LogP) is 4.11. The van der Waals surface area contributed by atoms with Gasteiger partial charge in [-0.3, -0.25) is 9.59 Å². The van der Waals surface area contributed by atoms with Crippen molar-refractivity contribution in [2.75, 3.05) is 11.4 Å². The van der Waals surface area contributed by atoms with E-state index in [1.165, 1.54) is 11.1 Å². The highest BCUT2D eigenvalue weighted by Crippen LogP contribution is 2.31. The zero-order chi connectivity index (χ0) is 22.5. The van der Waals surface area contributed by atoms with Crippen molar-refractivity contribution in [2.45, 2.75) is 64.5 Å². The lowest BCUT2D eigenvalue weighted by Gasteiger charge is -2.29. The Morgan fingerprint density at radius 1 is 1.09 bits per heavy atom. The van der Waals surface area contributed by atoms with Crippen LogP contribution in [0.3, 0.4) is 0 Å². The van der Waals surface area contributed by atoms with Crippen LogP contribution in [0.15, 0.2) is 48.5 Å². The predicted molar refractivity (Wildman–Crippen MR) is 128 cm³/mol. The number of carbonyl (C=O) groups excluding carboxylic acids is 2. The van der Waals surface area contributed by atoms with Gasteiger partial charge in [0.15, 0.2) is 0 Å². The van der Waals surface area contributed by atoms with Crippen LogP contribution in [0.4, 0.5) is 5.69 Å². The zero-order valence-corrected chi connectivity index (χ0v) is 19.1. The molecule has 1 saturated carbocycles. The van der Waals surface area contributed by atoms with Gasteiger partial charge in [0, 0.05) is 11.6 Å². The number of nitrogens with zero attached hydrogens (tertiary/aromatic N) is 1. The van der Waals surface area contributed by atoms with Crippen LogP contribution >= 0.6 is 0 Å². The summed E-state index contributed by atoms with van der Waals surface area (Å²) < 4.78 is 0. The number of hydrogen-bond donors (Lipinski definition) is 2. The molecule has 3 N–H and O–H groups in total. The number of amides is 2. The van der Waals surface area contributed by atoms with E-state index >= 15 is 0 Å². The topological polar surface area (TPSA) is 75.4 Å². The van der Waals surface area contributed by atoms with E-state index < -0.39 is 0 Å². The minimum absolute atomic E-state index is 0.0211. The van der Waals surface area contributed by atoms with Gasteiger partial charge in [-0.25, -0.2) is 0 Å². The number of anilines is 1. The molecule has 4 rings (SSSR count). The first-order valence-electron chi connectivity index (χ1n) is 12.0. The second kappa shape index (κ2) is 10.3. The fourth-order valence-electron chi connectivity index (χ4n) is 5.22. The Balaban J connectivity index is 1.43. The SMILES string of the molecule is Cc1ccc(CN2C(=O)C(NCC[C@H]3CCC[C@H](C(N)=O)C3)CCc3ccccc32)cc1. The van der Waals surface area contributed by atoms with Gasteiger partial charge in [0.1, 0.15) is 0 Å². The molecule has 0 aromatic heterocycles. The third kappa shape index (κ3) is 5.39. The molecule has 2 aromatic rings. The Bertz CT molecular complexity index is 940. The average Bonchev–Trinajstić information content (AvgIpc) is 2.93. The first kappa shape index (κ1) is 22.5. The quantitative estimate of drug-likeness (QED) is 0.690. The number of para-hydroxylation sites is 1. The van der Waals surface area contributed by atoms with E-state index in [-0.39, 0.29) is 23.8 Å². The van der Waals surface area contributed by atoms with Crippen LogP contribution in [0.2, 0.25) is 0 Å². The van der Waals surface area contributed by atoms with Gasteiger partial charge in [0.2, 0.25) is 11.8 Å². The molecular weight excluding hydrogens is 398 g/mol. The molecule has 5 heteroatoms. The van der Waals surface area contributed by atoms with Crippen molar-refractivity contribution in [2.24, 2.45) is 17.6 Å². The van der Waals surface area contributed by atoms with Crippen molar-refractivity contribution in [1.82, 2.24) is 5.32 Å². The number of primary amides is 1. The summed E-state index contributed by atoms with van der Waals surface area (Å²) in [5, 5.41) is 3.56. The highest BCUT2D eigenvalue weighted by Gasteiger charge is 2.31. The number of nitrogens with two attached hydrogens (primary N) is 1. The molecule has 0 radical (unpaired) electrons. The maximum Gasteiger partial charge on any atom is 0.244 e. The van der Waals surface area contributed by atoms with Crippen molar-refractivity contribution in [3.05, 3.63) is 65.2 Å². The second-order valence-electron chi connectivity index (χ2n) is 9.50. The van der Waals surface area contributed by atoms with Gasteiger partial charge < -0.3 is 16.0 Å². The minimum Gasteiger partial charge on any atom is -0.369 e. The van der Waals surface area contributed by atoms with Gasteiger partial charge in [-0.05, 0) is 68.7 Å². The first-order valence-corrected chi connectivity index (χ1v) is 12.0. The fraction of sp³-hybridized carbons (Fsp3) is 0.481. The summed E-state index contributed by atoms with van der Waals surface area (Å²) in [5.74, 6) is 0.517. The van der Waals surface area contributed by atoms with E-state index in [1.54, 1.807) is 0 Å². The van der Waals surface area contributed by atoms with Crippen molar-refractivity contribution < 1.29 is 9.59 Å². The molecular formula is C27H35N3O2. The Labute approximate surface area is 191 Å². The summed E-state index contributed by atoms with van der Waals surface area (Å²) in [6.45, 7) is 3.45. The maximum atomic E-state index is 13.6. The number of aryl methyl sites for hydroxylation is 2. The molecule has 1 aliphatic carbocycles. The summed E-state index contributed by atoms with van der Waals surface area (Å²) in [4.78, 5) is 27.1. The van der Waals surface area contributed by atoms with Gasteiger partial charge >= 0.3 is 0 Å². The van der Waals surface area contributed by atoms with E-state index in [1.807, 2.05) is 11.0 Å². The van der Waals surface area contributed by atoms with Crippen LogP contribution in [0, 0.1) is 18.8 Å². The Hall–Kier alpha value is -2.66. The van der Waals surface area contributed by atoms with Crippen molar-refractivity contribution >= 4 is 17.5 Å². The molecule has 2 aliphatic rings. The van der Waals surface area contributed by atoms with Crippen molar-refractivity contribution in [3.8, 4) is 0 Å². The third-order valence-electron chi connectivity index (χ3n) is 7.14. The normalized spacial score (nSPS) is 23.5. The van der Waals surface area contributed by atoms with E-state index in [4.69, 9.17) is 5.73 Å². The Morgan fingerprint density at radius 2 is 1.88 bits per heavy atom. The largest absolute Gasteiger partial charge is 0.369 e. The highest BCUT2D eigenvalue weighted by molar-refractivity contribution is 5.98. The Kier molecular flexibility index (Phi) is 7.26. The number of benzene rings is 2. The van der Waals surface area contributed by atoms with Crippen LogP contribution < -0.4 is 16.0 Å². The van der Waals surface area contributed by atoms with Gasteiger partial charge in [-0.2, -0.15) is 0 Å². The molecule has 2 aromatic carbocycles. The van der Waals surface area contributed by atoms with Crippen molar-refractivity contribution in [3.63, 3.8) is 0 Å². The smallest absolute Gasteiger partial charge is 0.244 e. The van der Waals surface area contributed by atoms with Crippen LogP contribution in [0.1, 0.15) is 55.2 Å². The molecule has 2 amide bonds. The van der Waals surface area contributed by atoms with Gasteiger partial charge in [0.25, 0.3) is 0 Å². The molecule has 1 heterocycles. The summed E-state index contributed by atoms with van der Waals surface area (Å²) in [5.41, 5.74) is 10.1. The summed E-state index contributed by atoms with van der Waals surface area (Å²) >= 11 is 0. The molecule has 0 bridgehead atoms. The standard InChI is InChI=1S/C27H35N3O2/c1-19-9-11-21(12-10-19)18-30-25-8-3-2-6-22(25)13-14-24(27(30)32)29-16-15-20-5-4-7-23(17-20)26(28)31/h2-3,6,8-12,20,23-24,29H,4-5,7,13-18H2,1H3,(H2,28,31)/t20-,23+,24?/m1/s1. The number of carbonyl (C=O) groups is 2. The molecule has 0 saturated heterocycles. The van der Waals surface area contributed by atoms with Crippen LogP contribution in [-0.4, -0.2) is 24.4 Å². The summed E-state index contributed by atoms with van der Waals surface area (Å²) in [6.07, 6.45) is 6.70. The molecule has 170 valence electrons. The summed E-state index contributed by atoms with van der Waals surface area (Å²) in [6, 6.07) is 16.5. The van der Waals surface area contributed by atoms with Crippen LogP contribution in [0.5, 0.6) is 0 Å². The van der Waals surface area contributed by atoms with E-state index in [2.05, 4.69) is 54.7 Å². The average molecular weight is 434 g/mol. The lowest BCUT2D eigenvalue weighted by molar-refractivity contribution is -0.123. The Morgan fingerprint density at radius 3 is 2.66 bits per heavy atom. The molecule has 1 aliphatic heterocycles. The van der Waals surface area contributed by atoms with Crippen LogP contribution in [0.25, 0.3) is 0 Å². The number of rotatable bonds is 7. The van der Waals surface area contributed by atoms with E-state index in [0.717, 1.165) is 62.7 Å². The minimum atomic E-state index is -0.191. The van der Waals surface area contributed by atoms with Gasteiger partial charge in [-0.1, -0.05) is 60.9 Å². The maximum absolute atomic E-state index is 13.6. The molecule has 0 spiro atoms. The van der Waals surface area contributed by atoms with Gasteiger partial charge in [0.05, 0.1) is 12.6 Å². The van der Waals surface area contributed by atoms with Gasteiger partial charge in [-0.15, -0.1) is 0 Å². The number of hydrogen-bond acceptors (Lipinski definition) is 3. The molecule has 3 atom stereocenters. The van der Waals surface area contributed by atoms with Crippen molar-refractivity contribution in [1.29, 1.82) is 0 Å².